The first-order valence-corrected chi connectivity index (χ1v) is 21.2. The third kappa shape index (κ3) is 4.71. The third-order valence-electron chi connectivity index (χ3n) is 14.6. The predicted octanol–water partition coefficient (Wildman–Crippen LogP) is 13.7. The van der Waals surface area contributed by atoms with Crippen LogP contribution < -0.4 is 0 Å². The Morgan fingerprint density at radius 2 is 0.931 bits per heavy atom. The van der Waals surface area contributed by atoms with Gasteiger partial charge in [0.05, 0.1) is 0 Å². The second-order valence-corrected chi connectivity index (χ2v) is 17.6. The van der Waals surface area contributed by atoms with Crippen molar-refractivity contribution in [1.29, 1.82) is 0 Å². The Morgan fingerprint density at radius 3 is 1.69 bits per heavy atom. The molecule has 1 aromatic heterocycles. The molecule has 3 heteroatoms. The summed E-state index contributed by atoms with van der Waals surface area (Å²) in [6, 6.07) is 60.1. The lowest BCUT2D eigenvalue weighted by Gasteiger charge is -2.61. The lowest BCUT2D eigenvalue weighted by molar-refractivity contribution is -0.0398. The monoisotopic (exact) mass is 743 g/mol. The van der Waals surface area contributed by atoms with Gasteiger partial charge in [0.25, 0.3) is 0 Å². The van der Waals surface area contributed by atoms with E-state index in [1.54, 1.807) is 11.1 Å². The molecule has 4 bridgehead atoms. The molecule has 0 amide bonds. The molecule has 0 radical (unpaired) electrons. The summed E-state index contributed by atoms with van der Waals surface area (Å²) in [6.07, 6.45) is 6.97. The molecule has 0 aliphatic heterocycles. The van der Waals surface area contributed by atoms with E-state index in [2.05, 4.69) is 146 Å². The molecule has 0 saturated heterocycles. The molecular weight excluding hydrogens is 703 g/mol. The number of hydrogen-bond donors (Lipinski definition) is 0. The van der Waals surface area contributed by atoms with Crippen molar-refractivity contribution in [3.05, 3.63) is 175 Å². The Bertz CT molecular complexity index is 3120. The van der Waals surface area contributed by atoms with Crippen molar-refractivity contribution in [2.24, 2.45) is 23.7 Å². The van der Waals surface area contributed by atoms with Crippen molar-refractivity contribution in [2.75, 3.05) is 0 Å². The quantitative estimate of drug-likeness (QED) is 0.180. The summed E-state index contributed by atoms with van der Waals surface area (Å²) in [5, 5.41) is 7.71. The largest absolute Gasteiger partial charge is 0.208 e. The smallest absolute Gasteiger partial charge is 0.164 e. The average molecular weight is 744 g/mol. The second kappa shape index (κ2) is 12.3. The number of aromatic nitrogens is 3. The van der Waals surface area contributed by atoms with Crippen LogP contribution in [-0.4, -0.2) is 15.0 Å². The highest BCUT2D eigenvalue weighted by molar-refractivity contribution is 6.07. The first-order chi connectivity index (χ1) is 28.7. The zero-order chi connectivity index (χ0) is 38.0. The van der Waals surface area contributed by atoms with Gasteiger partial charge < -0.3 is 0 Å². The maximum absolute atomic E-state index is 5.25. The van der Waals surface area contributed by atoms with Gasteiger partial charge in [-0.15, -0.1) is 0 Å². The molecule has 1 heterocycles. The molecule has 58 heavy (non-hydrogen) atoms. The number of nitrogens with zero attached hydrogens (tertiary/aromatic N) is 3. The molecule has 5 aliphatic carbocycles. The number of benzene rings is 8. The summed E-state index contributed by atoms with van der Waals surface area (Å²) < 4.78 is 0. The van der Waals surface area contributed by atoms with Gasteiger partial charge in [0, 0.05) is 22.1 Å². The molecule has 0 atom stereocenters. The van der Waals surface area contributed by atoms with Gasteiger partial charge in [-0.2, -0.15) is 0 Å². The molecule has 1 spiro atoms. The summed E-state index contributed by atoms with van der Waals surface area (Å²) in [4.78, 5) is 15.5. The van der Waals surface area contributed by atoms with Crippen molar-refractivity contribution in [3.8, 4) is 56.4 Å². The van der Waals surface area contributed by atoms with Crippen LogP contribution >= 0.6 is 0 Å². The summed E-state index contributed by atoms with van der Waals surface area (Å²) in [7, 11) is 0. The topological polar surface area (TPSA) is 38.7 Å². The van der Waals surface area contributed by atoms with Crippen LogP contribution in [0, 0.1) is 23.7 Å². The summed E-state index contributed by atoms with van der Waals surface area (Å²) in [5.74, 6) is 5.26. The fraction of sp³-hybridized carbons (Fsp3) is 0.182. The van der Waals surface area contributed by atoms with Gasteiger partial charge >= 0.3 is 0 Å². The molecule has 3 nitrogen and oxygen atoms in total. The Labute approximate surface area is 338 Å². The van der Waals surface area contributed by atoms with Gasteiger partial charge in [-0.1, -0.05) is 140 Å². The Kier molecular flexibility index (Phi) is 6.90. The fourth-order valence-electron chi connectivity index (χ4n) is 12.5. The minimum absolute atomic E-state index is 0.0993. The Balaban J connectivity index is 1.02. The van der Waals surface area contributed by atoms with Crippen LogP contribution in [-0.2, 0) is 5.41 Å². The molecular formula is C55H41N3. The van der Waals surface area contributed by atoms with E-state index in [-0.39, 0.29) is 5.41 Å². The maximum Gasteiger partial charge on any atom is 0.164 e. The first kappa shape index (κ1) is 32.6. The first-order valence-electron chi connectivity index (χ1n) is 21.2. The standard InChI is InChI=1S/C55H41N3/c1-2-11-37(12-3-1)52-56-53(42-21-18-35-10-4-5-13-38(35)29-42)58-54(57-52)46-17-9-8-16-45(46)41-20-19-36-22-23-49-51(47(36)31-41)48-30-39-14-6-7-15-40(39)32-50(48)55(49)43-25-33-24-34(27-43)28-44(55)26-33/h1-23,29-34,43-44H,24-28H2. The van der Waals surface area contributed by atoms with E-state index in [0.29, 0.717) is 29.3 Å². The SMILES string of the molecule is c1ccc(-c2nc(-c3ccc4ccccc4c3)nc(-c3ccccc3-c3ccc4ccc5c(c4c3)-c3cc4ccccc4cc3C53C4CC5CC(C4)CC3C5)n2)cc1. The van der Waals surface area contributed by atoms with Gasteiger partial charge in [-0.05, 0) is 146 Å². The van der Waals surface area contributed by atoms with Crippen molar-refractivity contribution in [1.82, 2.24) is 15.0 Å². The molecule has 5 aliphatic rings. The minimum atomic E-state index is 0.0993. The zero-order valence-electron chi connectivity index (χ0n) is 32.3. The number of fused-ring (bicyclic) bond motifs is 7. The zero-order valence-corrected chi connectivity index (χ0v) is 32.3. The molecule has 8 aromatic carbocycles. The van der Waals surface area contributed by atoms with Crippen molar-refractivity contribution in [2.45, 2.75) is 37.5 Å². The van der Waals surface area contributed by atoms with E-state index in [1.165, 1.54) is 75.7 Å². The van der Waals surface area contributed by atoms with Crippen molar-refractivity contribution >= 4 is 32.3 Å². The lowest BCUT2D eigenvalue weighted by atomic mass is 9.43. The molecule has 0 unspecified atom stereocenters. The Morgan fingerprint density at radius 1 is 0.362 bits per heavy atom. The third-order valence-corrected chi connectivity index (χ3v) is 14.6. The van der Waals surface area contributed by atoms with E-state index in [1.807, 2.05) is 18.2 Å². The highest BCUT2D eigenvalue weighted by Crippen LogP contribution is 2.70. The molecule has 0 N–H and O–H groups in total. The maximum atomic E-state index is 5.25. The van der Waals surface area contributed by atoms with Crippen molar-refractivity contribution < 1.29 is 0 Å². The second-order valence-electron chi connectivity index (χ2n) is 17.6. The van der Waals surface area contributed by atoms with Crippen LogP contribution in [0.25, 0.3) is 88.7 Å². The molecule has 9 aromatic rings. The molecule has 14 rings (SSSR count). The highest BCUT2D eigenvalue weighted by atomic mass is 15.0. The average Bonchev–Trinajstić information content (AvgIpc) is 3.56. The van der Waals surface area contributed by atoms with Crippen LogP contribution in [0.3, 0.4) is 0 Å². The minimum Gasteiger partial charge on any atom is -0.208 e. The van der Waals surface area contributed by atoms with Crippen molar-refractivity contribution in [3.63, 3.8) is 0 Å². The molecule has 4 fully saturated rings. The molecule has 276 valence electrons. The van der Waals surface area contributed by atoms with E-state index < -0.39 is 0 Å². The molecule has 4 saturated carbocycles. The highest BCUT2D eigenvalue weighted by Gasteiger charge is 2.61. The van der Waals surface area contributed by atoms with Gasteiger partial charge in [-0.3, -0.25) is 0 Å². The lowest BCUT2D eigenvalue weighted by Crippen LogP contribution is -2.55. The van der Waals surface area contributed by atoms with E-state index in [9.17, 15) is 0 Å². The van der Waals surface area contributed by atoms with Gasteiger partial charge in [0.1, 0.15) is 0 Å². The summed E-state index contributed by atoms with van der Waals surface area (Å²) in [6.45, 7) is 0. The fourth-order valence-corrected chi connectivity index (χ4v) is 12.5. The Hall–Kier alpha value is -6.45. The van der Waals surface area contributed by atoms with Gasteiger partial charge in [0.2, 0.25) is 0 Å². The van der Waals surface area contributed by atoms with Crippen LogP contribution in [0.1, 0.15) is 43.2 Å². The number of rotatable bonds is 4. The summed E-state index contributed by atoms with van der Waals surface area (Å²) >= 11 is 0. The van der Waals surface area contributed by atoms with E-state index in [0.717, 1.165) is 39.5 Å². The van der Waals surface area contributed by atoms with Crippen LogP contribution in [0.5, 0.6) is 0 Å². The summed E-state index contributed by atoms with van der Waals surface area (Å²) in [5.41, 5.74) is 11.5. The van der Waals surface area contributed by atoms with E-state index in [4.69, 9.17) is 15.0 Å². The number of hydrogen-bond acceptors (Lipinski definition) is 3. The van der Waals surface area contributed by atoms with Crippen LogP contribution in [0.15, 0.2) is 164 Å². The van der Waals surface area contributed by atoms with Gasteiger partial charge in [-0.25, -0.2) is 15.0 Å². The normalized spacial score (nSPS) is 22.6. The van der Waals surface area contributed by atoms with Crippen LogP contribution in [0.2, 0.25) is 0 Å². The predicted molar refractivity (Wildman–Crippen MR) is 237 cm³/mol. The van der Waals surface area contributed by atoms with E-state index >= 15 is 0 Å². The van der Waals surface area contributed by atoms with Gasteiger partial charge in [0.15, 0.2) is 17.5 Å². The van der Waals surface area contributed by atoms with Crippen LogP contribution in [0.4, 0.5) is 0 Å².